The number of amidine groups is 1. The summed E-state index contributed by atoms with van der Waals surface area (Å²) in [6, 6.07) is 9.60. The first kappa shape index (κ1) is 9.85. The first-order valence-corrected chi connectivity index (χ1v) is 4.46. The highest BCUT2D eigenvalue weighted by atomic mass is 79.9. The Labute approximate surface area is 84.7 Å². The molecule has 13 heavy (non-hydrogen) atoms. The highest BCUT2D eigenvalue weighted by Gasteiger charge is 2.04. The van der Waals surface area contributed by atoms with Gasteiger partial charge in [-0.2, -0.15) is 5.53 Å². The molecule has 0 aromatic heterocycles. The number of benzene rings is 1. The summed E-state index contributed by atoms with van der Waals surface area (Å²) in [7, 11) is 0. The van der Waals surface area contributed by atoms with Crippen LogP contribution in [0.4, 0.5) is 0 Å². The standard InChI is InChI=1S/C8H9BrN4/c9-8(10)13(12-11)6-7-4-2-1-3-5-7/h1-5,10-11H,6H2. The van der Waals surface area contributed by atoms with E-state index >= 15 is 0 Å². The second-order valence-corrected chi connectivity index (χ2v) is 3.19. The summed E-state index contributed by atoms with van der Waals surface area (Å²) < 4.78 is 0.0892. The Morgan fingerprint density at radius 3 is 2.46 bits per heavy atom. The van der Waals surface area contributed by atoms with Crippen molar-refractivity contribution in [3.8, 4) is 0 Å². The van der Waals surface area contributed by atoms with Crippen LogP contribution in [0.1, 0.15) is 5.56 Å². The van der Waals surface area contributed by atoms with Gasteiger partial charge in [0.15, 0.2) is 4.74 Å². The number of rotatable bonds is 3. The molecule has 0 aliphatic heterocycles. The van der Waals surface area contributed by atoms with Gasteiger partial charge in [-0.1, -0.05) is 35.6 Å². The highest BCUT2D eigenvalue weighted by molar-refractivity contribution is 9.18. The van der Waals surface area contributed by atoms with Gasteiger partial charge in [0.1, 0.15) is 0 Å². The Morgan fingerprint density at radius 2 is 2.00 bits per heavy atom. The molecule has 1 aromatic rings. The maximum Gasteiger partial charge on any atom is 0.187 e. The second-order valence-electron chi connectivity index (χ2n) is 2.43. The summed E-state index contributed by atoms with van der Waals surface area (Å²) in [5.41, 5.74) is 7.84. The van der Waals surface area contributed by atoms with Crippen LogP contribution in [0.15, 0.2) is 35.6 Å². The monoisotopic (exact) mass is 240 g/mol. The van der Waals surface area contributed by atoms with Crippen molar-refractivity contribution in [2.75, 3.05) is 0 Å². The van der Waals surface area contributed by atoms with Crippen LogP contribution in [0.25, 0.3) is 0 Å². The summed E-state index contributed by atoms with van der Waals surface area (Å²) in [6.45, 7) is 0.439. The highest BCUT2D eigenvalue weighted by Crippen LogP contribution is 2.07. The zero-order valence-corrected chi connectivity index (χ0v) is 8.45. The van der Waals surface area contributed by atoms with E-state index in [1.54, 1.807) is 0 Å². The number of nitrogens with one attached hydrogen (secondary N) is 2. The Kier molecular flexibility index (Phi) is 3.57. The molecule has 1 aromatic carbocycles. The molecule has 0 aliphatic rings. The molecule has 0 saturated carbocycles. The van der Waals surface area contributed by atoms with Gasteiger partial charge in [0.05, 0.1) is 6.54 Å². The minimum Gasteiger partial charge on any atom is -0.277 e. The quantitative estimate of drug-likeness (QED) is 0.276. The largest absolute Gasteiger partial charge is 0.277 e. The predicted octanol–water partition coefficient (Wildman–Crippen LogP) is 2.76. The summed E-state index contributed by atoms with van der Waals surface area (Å²) in [4.78, 5) is 0. The first-order chi connectivity index (χ1) is 6.24. The first-order valence-electron chi connectivity index (χ1n) is 3.67. The minimum atomic E-state index is 0.0892. The minimum absolute atomic E-state index is 0.0892. The molecule has 0 radical (unpaired) electrons. The van der Waals surface area contributed by atoms with Crippen molar-refractivity contribution in [3.05, 3.63) is 35.9 Å². The molecule has 1 rings (SSSR count). The third-order valence-electron chi connectivity index (χ3n) is 1.52. The number of hydrogen-bond donors (Lipinski definition) is 2. The molecule has 0 saturated heterocycles. The third-order valence-corrected chi connectivity index (χ3v) is 1.93. The van der Waals surface area contributed by atoms with E-state index in [1.807, 2.05) is 30.3 Å². The van der Waals surface area contributed by atoms with E-state index in [-0.39, 0.29) is 4.74 Å². The van der Waals surface area contributed by atoms with Gasteiger partial charge in [0.2, 0.25) is 0 Å². The van der Waals surface area contributed by atoms with Crippen molar-refractivity contribution in [1.29, 1.82) is 10.9 Å². The molecule has 0 heterocycles. The van der Waals surface area contributed by atoms with Crippen LogP contribution in [-0.4, -0.2) is 9.75 Å². The molecule has 0 atom stereocenters. The molecular weight excluding hydrogens is 232 g/mol. The van der Waals surface area contributed by atoms with E-state index in [1.165, 1.54) is 5.01 Å². The van der Waals surface area contributed by atoms with E-state index in [0.717, 1.165) is 5.56 Å². The SMILES string of the molecule is N=NN(Cc1ccccc1)C(=N)Br. The maximum atomic E-state index is 7.23. The fraction of sp³-hybridized carbons (Fsp3) is 0.125. The molecule has 0 spiro atoms. The summed E-state index contributed by atoms with van der Waals surface area (Å²) in [5, 5.41) is 11.7. The van der Waals surface area contributed by atoms with Crippen LogP contribution >= 0.6 is 15.9 Å². The smallest absolute Gasteiger partial charge is 0.187 e. The lowest BCUT2D eigenvalue weighted by molar-refractivity contribution is 0.405. The van der Waals surface area contributed by atoms with Gasteiger partial charge >= 0.3 is 0 Å². The van der Waals surface area contributed by atoms with Gasteiger partial charge in [0.25, 0.3) is 0 Å². The molecule has 0 aliphatic carbocycles. The van der Waals surface area contributed by atoms with Crippen LogP contribution in [-0.2, 0) is 6.54 Å². The van der Waals surface area contributed by atoms with Gasteiger partial charge in [-0.25, -0.2) is 5.01 Å². The topological polar surface area (TPSA) is 63.3 Å². The van der Waals surface area contributed by atoms with Crippen molar-refractivity contribution in [1.82, 2.24) is 5.01 Å². The fourth-order valence-electron chi connectivity index (χ4n) is 0.905. The van der Waals surface area contributed by atoms with Gasteiger partial charge in [-0.15, -0.1) is 0 Å². The van der Waals surface area contributed by atoms with E-state index in [9.17, 15) is 0 Å². The van der Waals surface area contributed by atoms with Crippen LogP contribution in [0.5, 0.6) is 0 Å². The molecule has 0 bridgehead atoms. The number of halogens is 1. The molecule has 0 unspecified atom stereocenters. The van der Waals surface area contributed by atoms with Crippen LogP contribution in [0.2, 0.25) is 0 Å². The Hall–Kier alpha value is -1.23. The van der Waals surface area contributed by atoms with Crippen molar-refractivity contribution < 1.29 is 0 Å². The van der Waals surface area contributed by atoms with Crippen LogP contribution in [0.3, 0.4) is 0 Å². The zero-order valence-electron chi connectivity index (χ0n) is 6.87. The molecule has 0 fully saturated rings. The second kappa shape index (κ2) is 4.71. The average molecular weight is 241 g/mol. The Balaban J connectivity index is 2.67. The van der Waals surface area contributed by atoms with Crippen LogP contribution in [0, 0.1) is 10.9 Å². The zero-order chi connectivity index (χ0) is 9.68. The van der Waals surface area contributed by atoms with Crippen molar-refractivity contribution in [2.45, 2.75) is 6.54 Å². The van der Waals surface area contributed by atoms with E-state index in [4.69, 9.17) is 10.9 Å². The van der Waals surface area contributed by atoms with E-state index in [0.29, 0.717) is 6.54 Å². The number of nitrogens with zero attached hydrogens (tertiary/aromatic N) is 2. The fourth-order valence-corrected chi connectivity index (χ4v) is 1.11. The summed E-state index contributed by atoms with van der Waals surface area (Å²) in [5.74, 6) is 0. The summed E-state index contributed by atoms with van der Waals surface area (Å²) >= 11 is 2.95. The van der Waals surface area contributed by atoms with E-state index in [2.05, 4.69) is 21.2 Å². The molecular formula is C8H9BrN4. The van der Waals surface area contributed by atoms with Gasteiger partial charge in [-0.05, 0) is 21.5 Å². The number of hydrogen-bond acceptors (Lipinski definition) is 3. The molecule has 0 amide bonds. The van der Waals surface area contributed by atoms with E-state index < -0.39 is 0 Å². The average Bonchev–Trinajstić information content (AvgIpc) is 2.15. The molecule has 5 heteroatoms. The van der Waals surface area contributed by atoms with Gasteiger partial charge in [0, 0.05) is 0 Å². The predicted molar refractivity (Wildman–Crippen MR) is 53.8 cm³/mol. The van der Waals surface area contributed by atoms with Gasteiger partial charge < -0.3 is 0 Å². The van der Waals surface area contributed by atoms with Crippen LogP contribution < -0.4 is 0 Å². The Morgan fingerprint density at radius 1 is 1.38 bits per heavy atom. The van der Waals surface area contributed by atoms with Crippen molar-refractivity contribution >= 4 is 20.7 Å². The molecule has 4 nitrogen and oxygen atoms in total. The lowest BCUT2D eigenvalue weighted by atomic mass is 10.2. The maximum absolute atomic E-state index is 7.23. The van der Waals surface area contributed by atoms with Crippen molar-refractivity contribution in [2.24, 2.45) is 5.22 Å². The molecule has 68 valence electrons. The normalized spacial score (nSPS) is 9.31. The lowest BCUT2D eigenvalue weighted by Crippen LogP contribution is -2.18. The summed E-state index contributed by atoms with van der Waals surface area (Å²) in [6.07, 6.45) is 0. The van der Waals surface area contributed by atoms with Gasteiger partial charge in [-0.3, -0.25) is 5.41 Å². The Bertz CT molecular complexity index is 298. The lowest BCUT2D eigenvalue weighted by Gasteiger charge is -2.12. The van der Waals surface area contributed by atoms with Crippen molar-refractivity contribution in [3.63, 3.8) is 0 Å². The molecule has 2 N–H and O–H groups in total. The third kappa shape index (κ3) is 2.95.